The molecule has 0 saturated carbocycles. The predicted molar refractivity (Wildman–Crippen MR) is 41.2 cm³/mol. The van der Waals surface area contributed by atoms with Gasteiger partial charge in [0.25, 0.3) is 0 Å². The average Bonchev–Trinajstić information content (AvgIpc) is 2.36. The second kappa shape index (κ2) is 3.57. The maximum Gasteiger partial charge on any atom is 0.409 e. The second-order valence-electron chi connectivity index (χ2n) is 2.69. The molecule has 1 fully saturated rings. The quantitative estimate of drug-likeness (QED) is 0.592. The molecule has 0 aromatic rings. The van der Waals surface area contributed by atoms with Crippen LogP contribution in [0.5, 0.6) is 0 Å². The van der Waals surface area contributed by atoms with Crippen molar-refractivity contribution in [3.8, 4) is 0 Å². The Labute approximate surface area is 66.3 Å². The summed E-state index contributed by atoms with van der Waals surface area (Å²) in [5, 5.41) is 0. The predicted octanol–water partition coefficient (Wildman–Crippen LogP) is 0.176. The Morgan fingerprint density at radius 2 is 2.55 bits per heavy atom. The molecule has 0 aliphatic carbocycles. The lowest BCUT2D eigenvalue weighted by atomic mass is 10.3. The summed E-state index contributed by atoms with van der Waals surface area (Å²) in [6.07, 6.45) is 0.652. The largest absolute Gasteiger partial charge is 0.450 e. The van der Waals surface area contributed by atoms with Crippen LogP contribution in [0.25, 0.3) is 0 Å². The fourth-order valence-corrected chi connectivity index (χ4v) is 1.17. The first-order valence-electron chi connectivity index (χ1n) is 3.91. The van der Waals surface area contributed by atoms with E-state index < -0.39 is 0 Å². The molecule has 0 aromatic heterocycles. The summed E-state index contributed by atoms with van der Waals surface area (Å²) in [5.74, 6) is 0. The van der Waals surface area contributed by atoms with Crippen LogP contribution in [0, 0.1) is 0 Å². The topological polar surface area (TPSA) is 55.6 Å². The first kappa shape index (κ1) is 8.33. The van der Waals surface area contributed by atoms with Gasteiger partial charge in [0.05, 0.1) is 6.61 Å². The van der Waals surface area contributed by atoms with Gasteiger partial charge in [-0.1, -0.05) is 0 Å². The minimum atomic E-state index is -0.236. The number of rotatable bonds is 1. The van der Waals surface area contributed by atoms with Crippen molar-refractivity contribution in [1.82, 2.24) is 4.90 Å². The Morgan fingerprint density at radius 1 is 1.82 bits per heavy atom. The molecule has 1 aliphatic heterocycles. The molecular formula is C7H14N2O2. The van der Waals surface area contributed by atoms with E-state index in [9.17, 15) is 4.79 Å². The van der Waals surface area contributed by atoms with E-state index in [-0.39, 0.29) is 12.1 Å². The van der Waals surface area contributed by atoms with Gasteiger partial charge in [-0.15, -0.1) is 0 Å². The van der Waals surface area contributed by atoms with Crippen molar-refractivity contribution < 1.29 is 9.53 Å². The lowest BCUT2D eigenvalue weighted by Gasteiger charge is -2.14. The van der Waals surface area contributed by atoms with Crippen molar-refractivity contribution in [3.63, 3.8) is 0 Å². The Kier molecular flexibility index (Phi) is 2.70. The number of ether oxygens (including phenoxy) is 1. The van der Waals surface area contributed by atoms with E-state index >= 15 is 0 Å². The van der Waals surface area contributed by atoms with Crippen molar-refractivity contribution in [3.05, 3.63) is 0 Å². The smallest absolute Gasteiger partial charge is 0.409 e. The lowest BCUT2D eigenvalue weighted by Crippen LogP contribution is -2.32. The van der Waals surface area contributed by atoms with Gasteiger partial charge >= 0.3 is 6.09 Å². The van der Waals surface area contributed by atoms with Gasteiger partial charge in [0.15, 0.2) is 0 Å². The van der Waals surface area contributed by atoms with Crippen LogP contribution in [0.1, 0.15) is 13.3 Å². The zero-order valence-corrected chi connectivity index (χ0v) is 6.75. The van der Waals surface area contributed by atoms with Crippen molar-refractivity contribution in [2.75, 3.05) is 19.7 Å². The highest BCUT2D eigenvalue weighted by molar-refractivity contribution is 5.67. The molecule has 4 heteroatoms. The molecule has 64 valence electrons. The van der Waals surface area contributed by atoms with E-state index in [0.717, 1.165) is 13.0 Å². The average molecular weight is 158 g/mol. The van der Waals surface area contributed by atoms with Gasteiger partial charge < -0.3 is 15.4 Å². The lowest BCUT2D eigenvalue weighted by molar-refractivity contribution is 0.115. The van der Waals surface area contributed by atoms with Gasteiger partial charge in [-0.2, -0.15) is 0 Å². The van der Waals surface area contributed by atoms with Crippen LogP contribution in [-0.4, -0.2) is 36.7 Å². The fourth-order valence-electron chi connectivity index (χ4n) is 1.17. The third-order valence-corrected chi connectivity index (χ3v) is 1.75. The third-order valence-electron chi connectivity index (χ3n) is 1.75. The van der Waals surface area contributed by atoms with Crippen molar-refractivity contribution >= 4 is 6.09 Å². The summed E-state index contributed by atoms with van der Waals surface area (Å²) >= 11 is 0. The molecule has 11 heavy (non-hydrogen) atoms. The molecule has 0 aromatic carbocycles. The molecule has 1 saturated heterocycles. The van der Waals surface area contributed by atoms with Crippen LogP contribution < -0.4 is 5.73 Å². The Hall–Kier alpha value is -0.770. The number of nitrogens with zero attached hydrogens (tertiary/aromatic N) is 1. The monoisotopic (exact) mass is 158 g/mol. The SMILES string of the molecule is CCOC(=O)N1CC[C@H](N)C1. The highest BCUT2D eigenvalue weighted by Gasteiger charge is 2.23. The molecular weight excluding hydrogens is 144 g/mol. The maximum absolute atomic E-state index is 11.0. The zero-order valence-electron chi connectivity index (χ0n) is 6.75. The summed E-state index contributed by atoms with van der Waals surface area (Å²) in [6.45, 7) is 3.61. The first-order chi connectivity index (χ1) is 5.24. The molecule has 0 radical (unpaired) electrons. The fraction of sp³-hybridized carbons (Fsp3) is 0.857. The molecule has 1 heterocycles. The Morgan fingerprint density at radius 3 is 3.00 bits per heavy atom. The second-order valence-corrected chi connectivity index (χ2v) is 2.69. The molecule has 1 atom stereocenters. The Balaban J connectivity index is 2.31. The molecule has 2 N–H and O–H groups in total. The van der Waals surface area contributed by atoms with Crippen LogP contribution in [0.2, 0.25) is 0 Å². The normalized spacial score (nSPS) is 23.8. The summed E-state index contributed by atoms with van der Waals surface area (Å²) in [5.41, 5.74) is 5.61. The van der Waals surface area contributed by atoms with Crippen LogP contribution in [0.3, 0.4) is 0 Å². The summed E-state index contributed by atoms with van der Waals surface area (Å²) < 4.78 is 4.81. The summed E-state index contributed by atoms with van der Waals surface area (Å²) in [6, 6.07) is 0.138. The molecule has 1 rings (SSSR count). The molecule has 0 unspecified atom stereocenters. The number of nitrogens with two attached hydrogens (primary N) is 1. The Bertz CT molecular complexity index is 149. The first-order valence-corrected chi connectivity index (χ1v) is 3.91. The van der Waals surface area contributed by atoms with Crippen LogP contribution >= 0.6 is 0 Å². The highest BCUT2D eigenvalue weighted by atomic mass is 16.6. The number of carbonyl (C=O) groups is 1. The number of carbonyl (C=O) groups excluding carboxylic acids is 1. The van der Waals surface area contributed by atoms with E-state index in [1.807, 2.05) is 0 Å². The summed E-state index contributed by atoms with van der Waals surface area (Å²) in [4.78, 5) is 12.7. The van der Waals surface area contributed by atoms with Crippen molar-refractivity contribution in [1.29, 1.82) is 0 Å². The van der Waals surface area contributed by atoms with Gasteiger partial charge in [-0.3, -0.25) is 0 Å². The van der Waals surface area contributed by atoms with Crippen LogP contribution in [-0.2, 0) is 4.74 Å². The van der Waals surface area contributed by atoms with E-state index in [2.05, 4.69) is 0 Å². The summed E-state index contributed by atoms with van der Waals surface area (Å²) in [7, 11) is 0. The highest BCUT2D eigenvalue weighted by Crippen LogP contribution is 2.07. The number of hydrogen-bond acceptors (Lipinski definition) is 3. The number of hydrogen-bond donors (Lipinski definition) is 1. The van der Waals surface area contributed by atoms with E-state index in [1.54, 1.807) is 11.8 Å². The number of amides is 1. The molecule has 0 spiro atoms. The number of likely N-dealkylation sites (tertiary alicyclic amines) is 1. The minimum absolute atomic E-state index is 0.138. The van der Waals surface area contributed by atoms with Gasteiger partial charge in [-0.05, 0) is 13.3 Å². The van der Waals surface area contributed by atoms with Gasteiger partial charge in [0.1, 0.15) is 0 Å². The minimum Gasteiger partial charge on any atom is -0.450 e. The maximum atomic E-state index is 11.0. The van der Waals surface area contributed by atoms with Crippen LogP contribution in [0.15, 0.2) is 0 Å². The molecule has 4 nitrogen and oxygen atoms in total. The zero-order chi connectivity index (χ0) is 8.27. The van der Waals surface area contributed by atoms with E-state index in [4.69, 9.17) is 10.5 Å². The third kappa shape index (κ3) is 2.08. The van der Waals surface area contributed by atoms with Gasteiger partial charge in [0.2, 0.25) is 0 Å². The standard InChI is InChI=1S/C7H14N2O2/c1-2-11-7(10)9-4-3-6(8)5-9/h6H,2-5,8H2,1H3/t6-/m0/s1. The van der Waals surface area contributed by atoms with Crippen LogP contribution in [0.4, 0.5) is 4.79 Å². The van der Waals surface area contributed by atoms with E-state index in [1.165, 1.54) is 0 Å². The van der Waals surface area contributed by atoms with Gasteiger partial charge in [-0.25, -0.2) is 4.79 Å². The molecule has 1 amide bonds. The van der Waals surface area contributed by atoms with Crippen molar-refractivity contribution in [2.45, 2.75) is 19.4 Å². The van der Waals surface area contributed by atoms with E-state index in [0.29, 0.717) is 13.2 Å². The molecule has 0 bridgehead atoms. The van der Waals surface area contributed by atoms with Crippen molar-refractivity contribution in [2.24, 2.45) is 5.73 Å². The molecule has 1 aliphatic rings. The van der Waals surface area contributed by atoms with Gasteiger partial charge in [0, 0.05) is 19.1 Å².